The second-order valence-corrected chi connectivity index (χ2v) is 10.00. The second kappa shape index (κ2) is 7.73. The summed E-state index contributed by atoms with van der Waals surface area (Å²) in [6, 6.07) is 8.05. The molecule has 166 valence electrons. The summed E-state index contributed by atoms with van der Waals surface area (Å²) >= 11 is 0. The molecule has 1 heterocycles. The van der Waals surface area contributed by atoms with Crippen molar-refractivity contribution in [1.29, 1.82) is 0 Å². The Kier molecular flexibility index (Phi) is 5.32. The molecule has 0 amide bonds. The fourth-order valence-corrected chi connectivity index (χ4v) is 4.74. The van der Waals surface area contributed by atoms with Crippen LogP contribution in [-0.2, 0) is 15.6 Å². The van der Waals surface area contributed by atoms with Gasteiger partial charge in [0.15, 0.2) is 5.78 Å². The number of hydrogen-bond donors (Lipinski definition) is 2. The minimum Gasteiger partial charge on any atom is -0.512 e. The first-order valence-corrected chi connectivity index (χ1v) is 11.1. The van der Waals surface area contributed by atoms with Gasteiger partial charge in [0.1, 0.15) is 11.5 Å². The van der Waals surface area contributed by atoms with Crippen LogP contribution in [0.3, 0.4) is 0 Å². The van der Waals surface area contributed by atoms with Crippen LogP contribution >= 0.6 is 0 Å². The second-order valence-electron chi connectivity index (χ2n) is 10.00. The number of hydrazone groups is 1. The van der Waals surface area contributed by atoms with Gasteiger partial charge < -0.3 is 10.9 Å². The minimum absolute atomic E-state index is 0.0422. The summed E-state index contributed by atoms with van der Waals surface area (Å²) in [6.45, 7) is 11.0. The third-order valence-corrected chi connectivity index (χ3v) is 6.73. The van der Waals surface area contributed by atoms with Gasteiger partial charge in [0, 0.05) is 41.0 Å². The fourth-order valence-electron chi connectivity index (χ4n) is 4.74. The summed E-state index contributed by atoms with van der Waals surface area (Å²) < 4.78 is 0. The van der Waals surface area contributed by atoms with Crippen LogP contribution in [-0.4, -0.2) is 21.6 Å². The molecule has 0 aliphatic heterocycles. The Balaban J connectivity index is 1.77. The highest BCUT2D eigenvalue weighted by Gasteiger charge is 2.34. The molecule has 0 unspecified atom stereocenters. The molecule has 0 atom stereocenters. The Labute approximate surface area is 189 Å². The van der Waals surface area contributed by atoms with Crippen LogP contribution in [0, 0.1) is 6.92 Å². The van der Waals surface area contributed by atoms with Crippen molar-refractivity contribution in [3.63, 3.8) is 0 Å². The number of nitrogens with zero attached hydrogens (tertiary/aromatic N) is 2. The van der Waals surface area contributed by atoms with E-state index in [4.69, 9.17) is 5.84 Å². The van der Waals surface area contributed by atoms with Crippen molar-refractivity contribution in [2.75, 3.05) is 0 Å². The van der Waals surface area contributed by atoms with Gasteiger partial charge in [-0.3, -0.25) is 9.78 Å². The van der Waals surface area contributed by atoms with Gasteiger partial charge in [0.2, 0.25) is 0 Å². The van der Waals surface area contributed by atoms with E-state index in [2.05, 4.69) is 69.0 Å². The van der Waals surface area contributed by atoms with Crippen LogP contribution in [0.15, 0.2) is 53.5 Å². The molecule has 2 aliphatic carbocycles. The van der Waals surface area contributed by atoms with Crippen molar-refractivity contribution in [2.45, 2.75) is 64.7 Å². The number of aromatic nitrogens is 1. The monoisotopic (exact) mass is 429 g/mol. The van der Waals surface area contributed by atoms with Crippen LogP contribution in [0.5, 0.6) is 0 Å². The maximum absolute atomic E-state index is 12.3. The molecule has 0 saturated carbocycles. The number of pyridine rings is 1. The Morgan fingerprint density at radius 1 is 1.06 bits per heavy atom. The molecule has 3 N–H and O–H groups in total. The zero-order chi connectivity index (χ0) is 23.3. The van der Waals surface area contributed by atoms with Gasteiger partial charge in [-0.15, -0.1) is 0 Å². The number of Topliss-reactive ketones (excluding diaryl/α,β-unsaturated/α-hetero) is 1. The summed E-state index contributed by atoms with van der Waals surface area (Å²) in [7, 11) is 0. The summed E-state index contributed by atoms with van der Waals surface area (Å²) in [4.78, 5) is 16.9. The predicted octanol–water partition coefficient (Wildman–Crippen LogP) is 5.25. The van der Waals surface area contributed by atoms with Crippen molar-refractivity contribution in [3.8, 4) is 0 Å². The number of hydrogen-bond acceptors (Lipinski definition) is 5. The fraction of sp³-hybridized carbons (Fsp3) is 0.370. The number of allylic oxidation sites excluding steroid dienone is 4. The van der Waals surface area contributed by atoms with E-state index in [0.717, 1.165) is 11.1 Å². The molecule has 0 fully saturated rings. The van der Waals surface area contributed by atoms with Gasteiger partial charge >= 0.3 is 0 Å². The number of carbonyl (C=O) groups excluding carboxylic acids is 1. The number of ketones is 1. The Hall–Kier alpha value is -3.21. The SMILES string of the molecule is Cc1cc2c(cc1C(=NN)c1ccc(C3=C(O)CCCC3=O)cn1)C(C)(C)C=CC2(C)C. The molecule has 5 nitrogen and oxygen atoms in total. The van der Waals surface area contributed by atoms with Crippen molar-refractivity contribution >= 4 is 17.1 Å². The molecule has 0 radical (unpaired) electrons. The lowest BCUT2D eigenvalue weighted by molar-refractivity contribution is -0.114. The lowest BCUT2D eigenvalue weighted by Crippen LogP contribution is -2.30. The molecule has 0 saturated heterocycles. The molecular weight excluding hydrogens is 398 g/mol. The zero-order valence-corrected chi connectivity index (χ0v) is 19.5. The van der Waals surface area contributed by atoms with Crippen LogP contribution in [0.2, 0.25) is 0 Å². The van der Waals surface area contributed by atoms with Crippen LogP contribution in [0.25, 0.3) is 5.57 Å². The van der Waals surface area contributed by atoms with Gasteiger partial charge in [-0.1, -0.05) is 52.0 Å². The Morgan fingerprint density at radius 2 is 1.72 bits per heavy atom. The molecule has 4 rings (SSSR count). The number of rotatable bonds is 3. The summed E-state index contributed by atoms with van der Waals surface area (Å²) in [5.74, 6) is 5.96. The van der Waals surface area contributed by atoms with Gasteiger partial charge in [-0.2, -0.15) is 5.10 Å². The number of aliphatic hydroxyl groups excluding tert-OH is 1. The third-order valence-electron chi connectivity index (χ3n) is 6.73. The largest absolute Gasteiger partial charge is 0.512 e. The van der Waals surface area contributed by atoms with Crippen molar-refractivity contribution in [1.82, 2.24) is 4.98 Å². The highest BCUT2D eigenvalue weighted by molar-refractivity contribution is 6.22. The first-order chi connectivity index (χ1) is 15.0. The smallest absolute Gasteiger partial charge is 0.166 e. The highest BCUT2D eigenvalue weighted by Crippen LogP contribution is 2.42. The van der Waals surface area contributed by atoms with E-state index in [1.807, 2.05) is 12.1 Å². The van der Waals surface area contributed by atoms with Gasteiger partial charge in [0.25, 0.3) is 0 Å². The topological polar surface area (TPSA) is 88.6 Å². The maximum Gasteiger partial charge on any atom is 0.166 e. The number of benzene rings is 1. The first-order valence-electron chi connectivity index (χ1n) is 11.1. The molecular formula is C27H31N3O2. The number of aliphatic hydroxyl groups is 1. The van der Waals surface area contributed by atoms with Gasteiger partial charge in [-0.25, -0.2) is 0 Å². The van der Waals surface area contributed by atoms with Crippen molar-refractivity contribution < 1.29 is 9.90 Å². The van der Waals surface area contributed by atoms with E-state index in [-0.39, 0.29) is 22.4 Å². The minimum atomic E-state index is -0.102. The number of carbonyl (C=O) groups is 1. The summed E-state index contributed by atoms with van der Waals surface area (Å²) in [6.07, 6.45) is 7.83. The van der Waals surface area contributed by atoms with Crippen molar-refractivity contribution in [3.05, 3.63) is 81.9 Å². The van der Waals surface area contributed by atoms with Crippen molar-refractivity contribution in [2.24, 2.45) is 10.9 Å². The molecule has 1 aromatic carbocycles. The van der Waals surface area contributed by atoms with E-state index in [9.17, 15) is 9.90 Å². The number of fused-ring (bicyclic) bond motifs is 1. The standard InChI is InChI=1S/C27H31N3O2/c1-16-13-19-20(27(4,5)12-11-26(19,2)3)14-18(16)25(30-28)21-10-9-17(15-29-21)24-22(31)7-6-8-23(24)32/h9-15,31H,6-8,28H2,1-5H3. The molecule has 0 spiro atoms. The Morgan fingerprint density at radius 3 is 2.28 bits per heavy atom. The van der Waals surface area contributed by atoms with E-state index >= 15 is 0 Å². The third kappa shape index (κ3) is 3.66. The van der Waals surface area contributed by atoms with Crippen LogP contribution in [0.4, 0.5) is 0 Å². The quantitative estimate of drug-likeness (QED) is 0.302. The lowest BCUT2D eigenvalue weighted by Gasteiger charge is -2.37. The average Bonchev–Trinajstić information content (AvgIpc) is 2.74. The van der Waals surface area contributed by atoms with E-state index in [1.165, 1.54) is 11.1 Å². The average molecular weight is 430 g/mol. The Bertz CT molecular complexity index is 1180. The zero-order valence-electron chi connectivity index (χ0n) is 19.5. The highest BCUT2D eigenvalue weighted by atomic mass is 16.3. The van der Waals surface area contributed by atoms with Gasteiger partial charge in [-0.05, 0) is 42.2 Å². The molecule has 5 heteroatoms. The first kappa shape index (κ1) is 22.0. The van der Waals surface area contributed by atoms with E-state index < -0.39 is 0 Å². The number of nitrogens with two attached hydrogens (primary N) is 1. The molecule has 2 aliphatic rings. The predicted molar refractivity (Wildman–Crippen MR) is 129 cm³/mol. The van der Waals surface area contributed by atoms with E-state index in [0.29, 0.717) is 41.8 Å². The summed E-state index contributed by atoms with van der Waals surface area (Å²) in [5, 5.41) is 14.3. The normalized spacial score (nSPS) is 19.8. The van der Waals surface area contributed by atoms with Crippen LogP contribution in [0.1, 0.15) is 80.5 Å². The lowest BCUT2D eigenvalue weighted by atomic mass is 9.67. The molecule has 32 heavy (non-hydrogen) atoms. The van der Waals surface area contributed by atoms with Gasteiger partial charge in [0.05, 0.1) is 11.3 Å². The van der Waals surface area contributed by atoms with Crippen LogP contribution < -0.4 is 5.84 Å². The molecule has 1 aromatic heterocycles. The van der Waals surface area contributed by atoms with E-state index in [1.54, 1.807) is 6.20 Å². The number of aryl methyl sites for hydroxylation is 1. The molecule has 2 aromatic rings. The summed E-state index contributed by atoms with van der Waals surface area (Å²) in [5.41, 5.74) is 6.69. The maximum atomic E-state index is 12.3. The molecule has 0 bridgehead atoms.